The smallest absolute Gasteiger partial charge is 0.230 e. The van der Waals surface area contributed by atoms with Crippen LogP contribution in [0.2, 0.25) is 0 Å². The van der Waals surface area contributed by atoms with Crippen molar-refractivity contribution in [2.24, 2.45) is 11.1 Å². The SMILES string of the molecule is Cc1nc(CN2CCN(C(=O)C3(CN)CCCC3)CC2)oc1C. The molecule has 0 spiro atoms. The third-order valence-corrected chi connectivity index (χ3v) is 5.50. The molecule has 128 valence electrons. The highest BCUT2D eigenvalue weighted by Gasteiger charge is 2.42. The second kappa shape index (κ2) is 6.61. The van der Waals surface area contributed by atoms with Gasteiger partial charge in [-0.25, -0.2) is 4.98 Å². The molecule has 3 rings (SSSR count). The lowest BCUT2D eigenvalue weighted by Crippen LogP contribution is -2.54. The van der Waals surface area contributed by atoms with Gasteiger partial charge in [-0.05, 0) is 26.7 Å². The van der Waals surface area contributed by atoms with Crippen LogP contribution in [0.15, 0.2) is 4.42 Å². The van der Waals surface area contributed by atoms with Crippen LogP contribution in [0.4, 0.5) is 0 Å². The second-order valence-electron chi connectivity index (χ2n) is 7.01. The molecule has 0 bridgehead atoms. The molecule has 0 unspecified atom stereocenters. The van der Waals surface area contributed by atoms with Gasteiger partial charge in [0, 0.05) is 32.7 Å². The fourth-order valence-corrected chi connectivity index (χ4v) is 3.80. The van der Waals surface area contributed by atoms with Crippen molar-refractivity contribution in [1.82, 2.24) is 14.8 Å². The van der Waals surface area contributed by atoms with Gasteiger partial charge in [-0.3, -0.25) is 9.69 Å². The number of carbonyl (C=O) groups is 1. The number of nitrogens with zero attached hydrogens (tertiary/aromatic N) is 3. The van der Waals surface area contributed by atoms with E-state index in [0.717, 1.165) is 75.8 Å². The van der Waals surface area contributed by atoms with Crippen LogP contribution in [-0.2, 0) is 11.3 Å². The standard InChI is InChI=1S/C17H28N4O2/c1-13-14(2)23-15(19-13)11-20-7-9-21(10-8-20)16(22)17(12-18)5-3-4-6-17/h3-12,18H2,1-2H3. The van der Waals surface area contributed by atoms with Gasteiger partial charge in [0.25, 0.3) is 0 Å². The Labute approximate surface area is 138 Å². The lowest BCUT2D eigenvalue weighted by molar-refractivity contribution is -0.143. The summed E-state index contributed by atoms with van der Waals surface area (Å²) in [6.45, 7) is 8.40. The van der Waals surface area contributed by atoms with E-state index in [1.165, 1.54) is 0 Å². The van der Waals surface area contributed by atoms with Gasteiger partial charge in [0.1, 0.15) is 5.76 Å². The van der Waals surface area contributed by atoms with Crippen molar-refractivity contribution < 1.29 is 9.21 Å². The number of nitrogens with two attached hydrogens (primary N) is 1. The predicted octanol–water partition coefficient (Wildman–Crippen LogP) is 1.45. The number of aryl methyl sites for hydroxylation is 2. The van der Waals surface area contributed by atoms with E-state index in [1.807, 2.05) is 18.7 Å². The topological polar surface area (TPSA) is 75.6 Å². The molecule has 6 nitrogen and oxygen atoms in total. The first-order chi connectivity index (χ1) is 11.0. The van der Waals surface area contributed by atoms with Gasteiger partial charge >= 0.3 is 0 Å². The summed E-state index contributed by atoms with van der Waals surface area (Å²) in [6.07, 6.45) is 4.17. The molecule has 1 aromatic heterocycles. The third kappa shape index (κ3) is 3.28. The first-order valence-corrected chi connectivity index (χ1v) is 8.69. The maximum atomic E-state index is 12.9. The third-order valence-electron chi connectivity index (χ3n) is 5.50. The highest BCUT2D eigenvalue weighted by atomic mass is 16.4. The molecule has 1 amide bonds. The van der Waals surface area contributed by atoms with Crippen LogP contribution in [0.3, 0.4) is 0 Å². The molecule has 0 atom stereocenters. The highest BCUT2D eigenvalue weighted by molar-refractivity contribution is 5.83. The number of hydrogen-bond acceptors (Lipinski definition) is 5. The summed E-state index contributed by atoms with van der Waals surface area (Å²) in [5.41, 5.74) is 6.62. The Balaban J connectivity index is 1.54. The van der Waals surface area contributed by atoms with E-state index in [1.54, 1.807) is 0 Å². The Morgan fingerprint density at radius 3 is 2.39 bits per heavy atom. The number of carbonyl (C=O) groups excluding carboxylic acids is 1. The molecule has 23 heavy (non-hydrogen) atoms. The zero-order valence-corrected chi connectivity index (χ0v) is 14.3. The minimum absolute atomic E-state index is 0.278. The maximum Gasteiger partial charge on any atom is 0.230 e. The lowest BCUT2D eigenvalue weighted by atomic mass is 9.84. The molecule has 6 heteroatoms. The van der Waals surface area contributed by atoms with Crippen LogP contribution in [0, 0.1) is 19.3 Å². The van der Waals surface area contributed by atoms with Crippen LogP contribution in [0.5, 0.6) is 0 Å². The molecule has 2 fully saturated rings. The van der Waals surface area contributed by atoms with Gasteiger partial charge in [0.2, 0.25) is 11.8 Å². The van der Waals surface area contributed by atoms with Crippen LogP contribution in [0.25, 0.3) is 0 Å². The van der Waals surface area contributed by atoms with Crippen molar-refractivity contribution in [2.75, 3.05) is 32.7 Å². The molecule has 1 aliphatic carbocycles. The van der Waals surface area contributed by atoms with Crippen molar-refractivity contribution in [3.8, 4) is 0 Å². The highest BCUT2D eigenvalue weighted by Crippen LogP contribution is 2.39. The van der Waals surface area contributed by atoms with E-state index in [0.29, 0.717) is 6.54 Å². The zero-order valence-electron chi connectivity index (χ0n) is 14.3. The Kier molecular flexibility index (Phi) is 4.73. The Hall–Kier alpha value is -1.40. The van der Waals surface area contributed by atoms with Crippen LogP contribution < -0.4 is 5.73 Å². The molecule has 0 radical (unpaired) electrons. The molecule has 2 N–H and O–H groups in total. The molecular formula is C17H28N4O2. The van der Waals surface area contributed by atoms with Crippen molar-refractivity contribution in [3.05, 3.63) is 17.3 Å². The second-order valence-corrected chi connectivity index (χ2v) is 7.01. The van der Waals surface area contributed by atoms with Gasteiger partial charge in [-0.2, -0.15) is 0 Å². The number of oxazole rings is 1. The van der Waals surface area contributed by atoms with Crippen LogP contribution in [-0.4, -0.2) is 53.4 Å². The van der Waals surface area contributed by atoms with Crippen LogP contribution in [0.1, 0.15) is 43.0 Å². The summed E-state index contributed by atoms with van der Waals surface area (Å²) in [5.74, 6) is 1.94. The number of amides is 1. The number of rotatable bonds is 4. The zero-order chi connectivity index (χ0) is 16.4. The van der Waals surface area contributed by atoms with Crippen molar-refractivity contribution >= 4 is 5.91 Å². The first-order valence-electron chi connectivity index (χ1n) is 8.69. The van der Waals surface area contributed by atoms with Gasteiger partial charge in [-0.15, -0.1) is 0 Å². The molecule has 1 aliphatic heterocycles. The summed E-state index contributed by atoms with van der Waals surface area (Å²) in [5, 5.41) is 0. The largest absolute Gasteiger partial charge is 0.444 e. The van der Waals surface area contributed by atoms with E-state index in [2.05, 4.69) is 9.88 Å². The lowest BCUT2D eigenvalue weighted by Gasteiger charge is -2.39. The Morgan fingerprint density at radius 2 is 1.87 bits per heavy atom. The average Bonchev–Trinajstić information content (AvgIpc) is 3.15. The minimum Gasteiger partial charge on any atom is -0.444 e. The molecule has 0 aromatic carbocycles. The molecular weight excluding hydrogens is 292 g/mol. The first kappa shape index (κ1) is 16.5. The van der Waals surface area contributed by atoms with E-state index in [4.69, 9.17) is 10.2 Å². The molecule has 1 saturated carbocycles. The number of hydrogen-bond donors (Lipinski definition) is 1. The maximum absolute atomic E-state index is 12.9. The molecule has 1 saturated heterocycles. The van der Waals surface area contributed by atoms with Gasteiger partial charge in [0.05, 0.1) is 17.7 Å². The van der Waals surface area contributed by atoms with E-state index in [9.17, 15) is 4.79 Å². The van der Waals surface area contributed by atoms with E-state index < -0.39 is 0 Å². The summed E-state index contributed by atoms with van der Waals surface area (Å²) >= 11 is 0. The van der Waals surface area contributed by atoms with Crippen molar-refractivity contribution in [2.45, 2.75) is 46.1 Å². The number of piperazine rings is 1. The van der Waals surface area contributed by atoms with Crippen molar-refractivity contribution in [3.63, 3.8) is 0 Å². The fourth-order valence-electron chi connectivity index (χ4n) is 3.80. The van der Waals surface area contributed by atoms with E-state index in [-0.39, 0.29) is 11.3 Å². The van der Waals surface area contributed by atoms with Gasteiger partial charge in [0.15, 0.2) is 0 Å². The molecule has 2 aliphatic rings. The quantitative estimate of drug-likeness (QED) is 0.909. The van der Waals surface area contributed by atoms with Gasteiger partial charge < -0.3 is 15.1 Å². The molecule has 2 heterocycles. The average molecular weight is 320 g/mol. The minimum atomic E-state index is -0.279. The van der Waals surface area contributed by atoms with Crippen molar-refractivity contribution in [1.29, 1.82) is 0 Å². The van der Waals surface area contributed by atoms with E-state index >= 15 is 0 Å². The Morgan fingerprint density at radius 1 is 1.22 bits per heavy atom. The van der Waals surface area contributed by atoms with Crippen LogP contribution >= 0.6 is 0 Å². The summed E-state index contributed by atoms with van der Waals surface area (Å²) < 4.78 is 5.66. The summed E-state index contributed by atoms with van der Waals surface area (Å²) in [6, 6.07) is 0. The predicted molar refractivity (Wildman–Crippen MR) is 87.8 cm³/mol. The number of aromatic nitrogens is 1. The monoisotopic (exact) mass is 320 g/mol. The normalized spacial score (nSPS) is 21.8. The fraction of sp³-hybridized carbons (Fsp3) is 0.765. The van der Waals surface area contributed by atoms with Gasteiger partial charge in [-0.1, -0.05) is 12.8 Å². The molecule has 1 aromatic rings. The summed E-state index contributed by atoms with van der Waals surface area (Å²) in [4.78, 5) is 21.6. The Bertz CT molecular complexity index is 535. The summed E-state index contributed by atoms with van der Waals surface area (Å²) in [7, 11) is 0.